The van der Waals surface area contributed by atoms with Crippen LogP contribution in [0, 0.1) is 0 Å². The van der Waals surface area contributed by atoms with Crippen molar-refractivity contribution in [2.45, 2.75) is 20.0 Å². The smallest absolute Gasteiger partial charge is 0.161 e. The Balaban J connectivity index is 2.49. The molecule has 0 aliphatic heterocycles. The average Bonchev–Trinajstić information content (AvgIpc) is 2.38. The van der Waals surface area contributed by atoms with Crippen molar-refractivity contribution >= 4 is 0 Å². The van der Waals surface area contributed by atoms with E-state index in [-0.39, 0.29) is 6.61 Å². The summed E-state index contributed by atoms with van der Waals surface area (Å²) in [7, 11) is 1.60. The zero-order valence-corrected chi connectivity index (χ0v) is 10.4. The van der Waals surface area contributed by atoms with Crippen LogP contribution in [0.25, 0.3) is 0 Å². The van der Waals surface area contributed by atoms with Gasteiger partial charge in [0.25, 0.3) is 0 Å². The van der Waals surface area contributed by atoms with Gasteiger partial charge in [0.05, 0.1) is 20.3 Å². The highest BCUT2D eigenvalue weighted by molar-refractivity contribution is 5.42. The predicted molar refractivity (Wildman–Crippen MR) is 65.5 cm³/mol. The molecule has 0 radical (unpaired) electrons. The van der Waals surface area contributed by atoms with Crippen molar-refractivity contribution in [1.82, 2.24) is 0 Å². The van der Waals surface area contributed by atoms with Gasteiger partial charge in [0.15, 0.2) is 11.5 Å². The fourth-order valence-corrected chi connectivity index (χ4v) is 1.42. The van der Waals surface area contributed by atoms with E-state index in [0.29, 0.717) is 24.7 Å². The van der Waals surface area contributed by atoms with E-state index in [1.54, 1.807) is 19.2 Å². The summed E-state index contributed by atoms with van der Waals surface area (Å²) in [4.78, 5) is 0. The summed E-state index contributed by atoms with van der Waals surface area (Å²) >= 11 is 0. The molecule has 1 aromatic carbocycles. The van der Waals surface area contributed by atoms with E-state index in [1.807, 2.05) is 13.0 Å². The van der Waals surface area contributed by atoms with Crippen molar-refractivity contribution < 1.29 is 19.3 Å². The molecule has 0 spiro atoms. The maximum Gasteiger partial charge on any atom is 0.161 e. The van der Waals surface area contributed by atoms with Gasteiger partial charge in [-0.05, 0) is 24.6 Å². The number of ether oxygens (including phenoxy) is 3. The van der Waals surface area contributed by atoms with Gasteiger partial charge >= 0.3 is 0 Å². The van der Waals surface area contributed by atoms with Crippen molar-refractivity contribution in [2.75, 3.05) is 26.9 Å². The van der Waals surface area contributed by atoms with Gasteiger partial charge in [-0.15, -0.1) is 0 Å². The Bertz CT molecular complexity index is 325. The minimum atomic E-state index is -0.000694. The summed E-state index contributed by atoms with van der Waals surface area (Å²) in [5.74, 6) is 1.34. The molecule has 0 fully saturated rings. The molecule has 0 aliphatic rings. The van der Waals surface area contributed by atoms with E-state index >= 15 is 0 Å². The van der Waals surface area contributed by atoms with Crippen LogP contribution in [0.1, 0.15) is 18.9 Å². The monoisotopic (exact) mass is 240 g/mol. The first kappa shape index (κ1) is 13.8. The molecule has 0 aromatic heterocycles. The van der Waals surface area contributed by atoms with Crippen LogP contribution >= 0.6 is 0 Å². The molecule has 1 aromatic rings. The van der Waals surface area contributed by atoms with Crippen LogP contribution < -0.4 is 9.47 Å². The van der Waals surface area contributed by atoms with Crippen LogP contribution in [0.2, 0.25) is 0 Å². The van der Waals surface area contributed by atoms with E-state index in [0.717, 1.165) is 18.6 Å². The van der Waals surface area contributed by atoms with Crippen LogP contribution in [0.5, 0.6) is 11.5 Å². The number of aliphatic hydroxyl groups is 1. The number of hydrogen-bond donors (Lipinski definition) is 1. The van der Waals surface area contributed by atoms with E-state index in [2.05, 4.69) is 0 Å². The second-order valence-corrected chi connectivity index (χ2v) is 3.54. The molecular weight excluding hydrogens is 220 g/mol. The second-order valence-electron chi connectivity index (χ2n) is 3.54. The number of hydrogen-bond acceptors (Lipinski definition) is 4. The minimum absolute atomic E-state index is 0.000694. The number of methoxy groups -OCH3 is 1. The molecule has 0 heterocycles. The highest BCUT2D eigenvalue weighted by atomic mass is 16.5. The van der Waals surface area contributed by atoms with Gasteiger partial charge in [0.2, 0.25) is 0 Å². The zero-order valence-electron chi connectivity index (χ0n) is 10.4. The Morgan fingerprint density at radius 2 is 2.00 bits per heavy atom. The maximum atomic E-state index is 9.05. The average molecular weight is 240 g/mol. The van der Waals surface area contributed by atoms with Gasteiger partial charge in [-0.25, -0.2) is 0 Å². The predicted octanol–water partition coefficient (Wildman–Crippen LogP) is 1.99. The van der Waals surface area contributed by atoms with Gasteiger partial charge in [-0.1, -0.05) is 6.07 Å². The van der Waals surface area contributed by atoms with E-state index < -0.39 is 0 Å². The lowest BCUT2D eigenvalue weighted by Gasteiger charge is -2.11. The van der Waals surface area contributed by atoms with Gasteiger partial charge in [-0.3, -0.25) is 0 Å². The summed E-state index contributed by atoms with van der Waals surface area (Å²) in [6.45, 7) is 3.96. The first-order valence-corrected chi connectivity index (χ1v) is 5.80. The molecule has 4 heteroatoms. The van der Waals surface area contributed by atoms with E-state index in [9.17, 15) is 0 Å². The van der Waals surface area contributed by atoms with Crippen LogP contribution in [0.4, 0.5) is 0 Å². The van der Waals surface area contributed by atoms with E-state index in [4.69, 9.17) is 19.3 Å². The van der Waals surface area contributed by atoms with Crippen LogP contribution in [0.3, 0.4) is 0 Å². The van der Waals surface area contributed by atoms with Crippen molar-refractivity contribution in [3.63, 3.8) is 0 Å². The SMILES string of the molecule is CCOCCCOc1cc(CO)ccc1OC. The quantitative estimate of drug-likeness (QED) is 0.706. The van der Waals surface area contributed by atoms with Crippen molar-refractivity contribution in [1.29, 1.82) is 0 Å². The lowest BCUT2D eigenvalue weighted by molar-refractivity contribution is 0.130. The third kappa shape index (κ3) is 4.63. The number of aliphatic hydroxyl groups excluding tert-OH is 1. The molecule has 96 valence electrons. The summed E-state index contributed by atoms with van der Waals surface area (Å²) in [6, 6.07) is 5.40. The maximum absolute atomic E-state index is 9.05. The number of benzene rings is 1. The van der Waals surface area contributed by atoms with Crippen molar-refractivity contribution in [3.8, 4) is 11.5 Å². The first-order valence-electron chi connectivity index (χ1n) is 5.80. The highest BCUT2D eigenvalue weighted by Gasteiger charge is 2.05. The molecule has 17 heavy (non-hydrogen) atoms. The minimum Gasteiger partial charge on any atom is -0.493 e. The van der Waals surface area contributed by atoms with E-state index in [1.165, 1.54) is 0 Å². The summed E-state index contributed by atoms with van der Waals surface area (Å²) in [6.07, 6.45) is 0.834. The van der Waals surface area contributed by atoms with Crippen molar-refractivity contribution in [2.24, 2.45) is 0 Å². The highest BCUT2D eigenvalue weighted by Crippen LogP contribution is 2.28. The van der Waals surface area contributed by atoms with Gasteiger partial charge in [0.1, 0.15) is 0 Å². The molecule has 0 saturated heterocycles. The van der Waals surface area contributed by atoms with Crippen LogP contribution in [0.15, 0.2) is 18.2 Å². The standard InChI is InChI=1S/C13H20O4/c1-3-16-7-4-8-17-13-9-11(10-14)5-6-12(13)15-2/h5-6,9,14H,3-4,7-8,10H2,1-2H3. The second kappa shape index (κ2) is 7.92. The molecule has 0 unspecified atom stereocenters. The fraction of sp³-hybridized carbons (Fsp3) is 0.538. The number of rotatable bonds is 8. The lowest BCUT2D eigenvalue weighted by Crippen LogP contribution is -2.04. The molecule has 1 rings (SSSR count). The Morgan fingerprint density at radius 1 is 1.18 bits per heavy atom. The van der Waals surface area contributed by atoms with Gasteiger partial charge < -0.3 is 19.3 Å². The van der Waals surface area contributed by atoms with Gasteiger partial charge in [-0.2, -0.15) is 0 Å². The molecule has 0 saturated carbocycles. The Labute approximate surface area is 102 Å². The molecule has 4 nitrogen and oxygen atoms in total. The third-order valence-electron chi connectivity index (χ3n) is 2.31. The summed E-state index contributed by atoms with van der Waals surface area (Å²) < 4.78 is 16.0. The van der Waals surface area contributed by atoms with Crippen LogP contribution in [-0.4, -0.2) is 32.0 Å². The molecule has 1 N–H and O–H groups in total. The lowest BCUT2D eigenvalue weighted by atomic mass is 10.2. The fourth-order valence-electron chi connectivity index (χ4n) is 1.42. The molecule has 0 aliphatic carbocycles. The zero-order chi connectivity index (χ0) is 12.5. The third-order valence-corrected chi connectivity index (χ3v) is 2.31. The summed E-state index contributed by atoms with van der Waals surface area (Å²) in [5, 5.41) is 9.05. The first-order chi connectivity index (χ1) is 8.31. The molecule has 0 bridgehead atoms. The van der Waals surface area contributed by atoms with Gasteiger partial charge in [0, 0.05) is 19.6 Å². The summed E-state index contributed by atoms with van der Waals surface area (Å²) in [5.41, 5.74) is 0.811. The van der Waals surface area contributed by atoms with Crippen LogP contribution in [-0.2, 0) is 11.3 Å². The molecular formula is C13H20O4. The molecule has 0 amide bonds. The molecule has 0 atom stereocenters. The Hall–Kier alpha value is -1.26. The topological polar surface area (TPSA) is 47.9 Å². The Kier molecular flexibility index (Phi) is 6.43. The Morgan fingerprint density at radius 3 is 2.65 bits per heavy atom. The largest absolute Gasteiger partial charge is 0.493 e. The van der Waals surface area contributed by atoms with Crippen molar-refractivity contribution in [3.05, 3.63) is 23.8 Å². The normalized spacial score (nSPS) is 10.3.